The fourth-order valence-electron chi connectivity index (χ4n) is 5.18. The van der Waals surface area contributed by atoms with Gasteiger partial charge < -0.3 is 19.4 Å². The van der Waals surface area contributed by atoms with E-state index in [0.717, 1.165) is 30.8 Å². The first kappa shape index (κ1) is 19.1. The van der Waals surface area contributed by atoms with Gasteiger partial charge in [-0.15, -0.1) is 0 Å². The molecule has 0 spiro atoms. The molecular weight excluding hydrogens is 354 g/mol. The van der Waals surface area contributed by atoms with Gasteiger partial charge in [0.1, 0.15) is 5.75 Å². The van der Waals surface area contributed by atoms with E-state index in [1.807, 2.05) is 29.2 Å². The Kier molecular flexibility index (Phi) is 5.74. The van der Waals surface area contributed by atoms with Crippen molar-refractivity contribution in [1.82, 2.24) is 9.80 Å². The molecule has 0 N–H and O–H groups in total. The molecule has 6 heteroatoms. The second kappa shape index (κ2) is 8.41. The second-order valence-corrected chi connectivity index (χ2v) is 8.20. The molecule has 2 heterocycles. The Morgan fingerprint density at radius 1 is 0.893 bits per heavy atom. The Morgan fingerprint density at radius 3 is 2.39 bits per heavy atom. The standard InChI is InChI=1S/C22H31N3O3/c1-28-20-11-5-4-10-19(20)23-13-15-24(16-14-23)21(26)22(27)25-12-6-8-17-7-2-3-9-18(17)25/h4-5,10-11,17-18H,2-3,6-9,12-16H2,1H3. The Hall–Kier alpha value is -2.24. The number of carbonyl (C=O) groups excluding carboxylic acids is 2. The first-order valence-electron chi connectivity index (χ1n) is 10.7. The number of para-hydroxylation sites is 2. The zero-order valence-electron chi connectivity index (χ0n) is 16.8. The fraction of sp³-hybridized carbons (Fsp3) is 0.636. The zero-order chi connectivity index (χ0) is 19.5. The molecular formula is C22H31N3O3. The number of likely N-dealkylation sites (tertiary alicyclic amines) is 1. The third kappa shape index (κ3) is 3.69. The lowest BCUT2D eigenvalue weighted by atomic mass is 9.78. The number of ether oxygens (including phenoxy) is 1. The van der Waals surface area contributed by atoms with Crippen molar-refractivity contribution in [3.05, 3.63) is 24.3 Å². The molecule has 4 rings (SSSR count). The second-order valence-electron chi connectivity index (χ2n) is 8.20. The lowest BCUT2D eigenvalue weighted by molar-refractivity contribution is -0.155. The number of rotatable bonds is 2. The van der Waals surface area contributed by atoms with Crippen molar-refractivity contribution in [2.24, 2.45) is 5.92 Å². The van der Waals surface area contributed by atoms with E-state index in [1.54, 1.807) is 12.0 Å². The van der Waals surface area contributed by atoms with Crippen molar-refractivity contribution >= 4 is 17.5 Å². The lowest BCUT2D eigenvalue weighted by Crippen LogP contribution is -2.57. The first-order valence-corrected chi connectivity index (χ1v) is 10.7. The molecule has 2 aliphatic heterocycles. The molecule has 28 heavy (non-hydrogen) atoms. The monoisotopic (exact) mass is 385 g/mol. The van der Waals surface area contributed by atoms with Crippen molar-refractivity contribution in [2.75, 3.05) is 44.7 Å². The predicted octanol–water partition coefficient (Wildman–Crippen LogP) is 2.53. The Labute approximate surface area is 167 Å². The summed E-state index contributed by atoms with van der Waals surface area (Å²) in [5.41, 5.74) is 1.05. The van der Waals surface area contributed by atoms with Crippen LogP contribution < -0.4 is 9.64 Å². The van der Waals surface area contributed by atoms with Gasteiger partial charge in [-0.3, -0.25) is 9.59 Å². The number of amides is 2. The summed E-state index contributed by atoms with van der Waals surface area (Å²) in [6.45, 7) is 3.32. The van der Waals surface area contributed by atoms with Crippen LogP contribution in [-0.4, -0.2) is 67.5 Å². The van der Waals surface area contributed by atoms with Gasteiger partial charge >= 0.3 is 11.8 Å². The van der Waals surface area contributed by atoms with Gasteiger partial charge in [-0.2, -0.15) is 0 Å². The molecule has 1 aromatic carbocycles. The quantitative estimate of drug-likeness (QED) is 0.734. The SMILES string of the molecule is COc1ccccc1N1CCN(C(=O)C(=O)N2CCCC3CCCCC32)CC1. The Balaban J connectivity index is 1.37. The third-order valence-electron chi connectivity index (χ3n) is 6.68. The number of hydrogen-bond donors (Lipinski definition) is 0. The fourth-order valence-corrected chi connectivity index (χ4v) is 5.18. The number of benzene rings is 1. The molecule has 3 fully saturated rings. The van der Waals surface area contributed by atoms with Gasteiger partial charge in [-0.1, -0.05) is 25.0 Å². The van der Waals surface area contributed by atoms with E-state index in [9.17, 15) is 9.59 Å². The van der Waals surface area contributed by atoms with E-state index in [4.69, 9.17) is 4.74 Å². The molecule has 2 unspecified atom stereocenters. The molecule has 152 valence electrons. The highest BCUT2D eigenvalue weighted by Gasteiger charge is 2.39. The van der Waals surface area contributed by atoms with Crippen LogP contribution in [0.5, 0.6) is 5.75 Å². The number of anilines is 1. The lowest BCUT2D eigenvalue weighted by Gasteiger charge is -2.44. The van der Waals surface area contributed by atoms with Crippen molar-refractivity contribution in [1.29, 1.82) is 0 Å². The van der Waals surface area contributed by atoms with E-state index < -0.39 is 0 Å². The molecule has 1 saturated carbocycles. The molecule has 6 nitrogen and oxygen atoms in total. The van der Waals surface area contributed by atoms with E-state index in [1.165, 1.54) is 25.7 Å². The van der Waals surface area contributed by atoms with Gasteiger partial charge in [0.2, 0.25) is 0 Å². The van der Waals surface area contributed by atoms with E-state index in [0.29, 0.717) is 32.1 Å². The summed E-state index contributed by atoms with van der Waals surface area (Å²) < 4.78 is 5.46. The van der Waals surface area contributed by atoms with Crippen molar-refractivity contribution < 1.29 is 14.3 Å². The van der Waals surface area contributed by atoms with Crippen molar-refractivity contribution in [2.45, 2.75) is 44.6 Å². The van der Waals surface area contributed by atoms with Gasteiger partial charge in [-0.25, -0.2) is 0 Å². The summed E-state index contributed by atoms with van der Waals surface area (Å²) in [4.78, 5) is 31.8. The number of hydrogen-bond acceptors (Lipinski definition) is 4. The molecule has 1 aliphatic carbocycles. The van der Waals surface area contributed by atoms with Crippen molar-refractivity contribution in [3.8, 4) is 5.75 Å². The van der Waals surface area contributed by atoms with Gasteiger partial charge in [0, 0.05) is 38.8 Å². The van der Waals surface area contributed by atoms with Gasteiger partial charge in [-0.05, 0) is 43.7 Å². The minimum absolute atomic E-state index is 0.276. The van der Waals surface area contributed by atoms with Crippen LogP contribution in [0.3, 0.4) is 0 Å². The van der Waals surface area contributed by atoms with E-state index in [-0.39, 0.29) is 17.9 Å². The van der Waals surface area contributed by atoms with Crippen LogP contribution in [0.25, 0.3) is 0 Å². The number of fused-ring (bicyclic) bond motifs is 1. The average Bonchev–Trinajstić information content (AvgIpc) is 2.77. The molecule has 1 aromatic rings. The summed E-state index contributed by atoms with van der Waals surface area (Å²) >= 11 is 0. The van der Waals surface area contributed by atoms with Crippen LogP contribution in [0.1, 0.15) is 38.5 Å². The van der Waals surface area contributed by atoms with Gasteiger partial charge in [0.05, 0.1) is 12.8 Å². The Bertz CT molecular complexity index is 713. The smallest absolute Gasteiger partial charge is 0.312 e. The first-order chi connectivity index (χ1) is 13.7. The van der Waals surface area contributed by atoms with Crippen LogP contribution in [0.2, 0.25) is 0 Å². The Morgan fingerprint density at radius 2 is 1.61 bits per heavy atom. The number of carbonyl (C=O) groups is 2. The summed E-state index contributed by atoms with van der Waals surface area (Å²) in [5, 5.41) is 0. The molecule has 2 atom stereocenters. The molecule has 2 saturated heterocycles. The molecule has 0 aromatic heterocycles. The van der Waals surface area contributed by atoms with Crippen LogP contribution in [0.15, 0.2) is 24.3 Å². The van der Waals surface area contributed by atoms with Crippen LogP contribution >= 0.6 is 0 Å². The van der Waals surface area contributed by atoms with E-state index in [2.05, 4.69) is 4.90 Å². The van der Waals surface area contributed by atoms with Crippen molar-refractivity contribution in [3.63, 3.8) is 0 Å². The summed E-state index contributed by atoms with van der Waals surface area (Å²) in [5.74, 6) is 0.852. The molecule has 0 bridgehead atoms. The average molecular weight is 386 g/mol. The maximum Gasteiger partial charge on any atom is 0.312 e. The minimum Gasteiger partial charge on any atom is -0.495 e. The topological polar surface area (TPSA) is 53.1 Å². The van der Waals surface area contributed by atoms with Gasteiger partial charge in [0.15, 0.2) is 0 Å². The molecule has 0 radical (unpaired) electrons. The highest BCUT2D eigenvalue weighted by molar-refractivity contribution is 6.35. The van der Waals surface area contributed by atoms with Crippen LogP contribution in [-0.2, 0) is 9.59 Å². The summed E-state index contributed by atoms with van der Waals surface area (Å²) in [6.07, 6.45) is 6.95. The maximum absolute atomic E-state index is 13.0. The van der Waals surface area contributed by atoms with E-state index >= 15 is 0 Å². The van der Waals surface area contributed by atoms with Crippen LogP contribution in [0.4, 0.5) is 5.69 Å². The summed E-state index contributed by atoms with van der Waals surface area (Å²) in [6, 6.07) is 8.23. The third-order valence-corrected chi connectivity index (χ3v) is 6.68. The molecule has 3 aliphatic rings. The minimum atomic E-state index is -0.314. The van der Waals surface area contributed by atoms with Gasteiger partial charge in [0.25, 0.3) is 0 Å². The normalized spacial score (nSPS) is 25.2. The number of piperidine rings is 1. The zero-order valence-corrected chi connectivity index (χ0v) is 16.8. The van der Waals surface area contributed by atoms with Crippen LogP contribution in [0, 0.1) is 5.92 Å². The number of methoxy groups -OCH3 is 1. The number of nitrogens with zero attached hydrogens (tertiary/aromatic N) is 3. The summed E-state index contributed by atoms with van der Waals surface area (Å²) in [7, 11) is 1.68. The highest BCUT2D eigenvalue weighted by atomic mass is 16.5. The number of piperazine rings is 1. The highest BCUT2D eigenvalue weighted by Crippen LogP contribution is 2.35. The maximum atomic E-state index is 13.0. The largest absolute Gasteiger partial charge is 0.495 e. The predicted molar refractivity (Wildman–Crippen MR) is 108 cm³/mol. The molecule has 2 amide bonds.